The summed E-state index contributed by atoms with van der Waals surface area (Å²) in [6, 6.07) is 8.32. The van der Waals surface area contributed by atoms with Crippen LogP contribution in [0, 0.1) is 6.92 Å². The van der Waals surface area contributed by atoms with Crippen molar-refractivity contribution in [2.45, 2.75) is 39.7 Å². The first-order chi connectivity index (χ1) is 10.4. The summed E-state index contributed by atoms with van der Waals surface area (Å²) >= 11 is 0. The molecule has 0 atom stereocenters. The summed E-state index contributed by atoms with van der Waals surface area (Å²) in [7, 11) is 0. The molecule has 22 heavy (non-hydrogen) atoms. The van der Waals surface area contributed by atoms with E-state index in [0.29, 0.717) is 5.82 Å². The number of nitrogen functional groups attached to an aromatic ring is 1. The number of anilines is 1. The van der Waals surface area contributed by atoms with Crippen molar-refractivity contribution in [1.29, 1.82) is 0 Å². The molecule has 0 saturated heterocycles. The van der Waals surface area contributed by atoms with Gasteiger partial charge in [0.1, 0.15) is 12.1 Å². The molecule has 2 N–H and O–H groups in total. The van der Waals surface area contributed by atoms with E-state index in [2.05, 4.69) is 49.8 Å². The van der Waals surface area contributed by atoms with Crippen LogP contribution in [0.1, 0.15) is 37.6 Å². The average molecular weight is 295 g/mol. The lowest BCUT2D eigenvalue weighted by Crippen LogP contribution is -2.23. The maximum absolute atomic E-state index is 6.10. The van der Waals surface area contributed by atoms with Crippen molar-refractivity contribution in [1.82, 2.24) is 19.7 Å². The van der Waals surface area contributed by atoms with Gasteiger partial charge >= 0.3 is 0 Å². The molecule has 0 unspecified atom stereocenters. The number of rotatable bonds is 2. The molecular formula is C17H21N5. The first-order valence-electron chi connectivity index (χ1n) is 7.41. The fourth-order valence-electron chi connectivity index (χ4n) is 2.63. The van der Waals surface area contributed by atoms with Crippen LogP contribution in [0.4, 0.5) is 5.82 Å². The number of aromatic nitrogens is 4. The van der Waals surface area contributed by atoms with Crippen molar-refractivity contribution in [3.05, 3.63) is 47.4 Å². The van der Waals surface area contributed by atoms with E-state index in [4.69, 9.17) is 10.8 Å². The third kappa shape index (κ3) is 2.43. The lowest BCUT2D eigenvalue weighted by atomic mass is 10.0. The number of hydrogen-bond donors (Lipinski definition) is 1. The summed E-state index contributed by atoms with van der Waals surface area (Å²) < 4.78 is 1.94. The zero-order chi connectivity index (χ0) is 15.9. The first kappa shape index (κ1) is 14.5. The molecule has 0 aliphatic rings. The van der Waals surface area contributed by atoms with Crippen LogP contribution in [-0.4, -0.2) is 19.7 Å². The predicted octanol–water partition coefficient (Wildman–Crippen LogP) is 3.06. The molecule has 0 saturated carbocycles. The lowest BCUT2D eigenvalue weighted by Gasteiger charge is -2.19. The minimum absolute atomic E-state index is 0.164. The van der Waals surface area contributed by atoms with E-state index in [1.807, 2.05) is 16.8 Å². The largest absolute Gasteiger partial charge is 0.383 e. The molecule has 0 fully saturated rings. The van der Waals surface area contributed by atoms with Crippen LogP contribution >= 0.6 is 0 Å². The molecule has 0 spiro atoms. The predicted molar refractivity (Wildman–Crippen MR) is 88.7 cm³/mol. The van der Waals surface area contributed by atoms with E-state index in [1.54, 1.807) is 0 Å². The zero-order valence-corrected chi connectivity index (χ0v) is 13.5. The van der Waals surface area contributed by atoms with Gasteiger partial charge in [-0.3, -0.25) is 0 Å². The first-order valence-corrected chi connectivity index (χ1v) is 7.41. The Morgan fingerprint density at radius 3 is 2.55 bits per heavy atom. The third-order valence-electron chi connectivity index (χ3n) is 3.82. The van der Waals surface area contributed by atoms with Gasteiger partial charge in [-0.25, -0.2) is 14.6 Å². The molecule has 0 radical (unpaired) electrons. The van der Waals surface area contributed by atoms with Crippen molar-refractivity contribution in [2.24, 2.45) is 0 Å². The summed E-state index contributed by atoms with van der Waals surface area (Å²) in [6.45, 7) is 8.43. The van der Waals surface area contributed by atoms with Gasteiger partial charge in [-0.15, -0.1) is 0 Å². The normalized spacial score (nSPS) is 12.0. The van der Waals surface area contributed by atoms with Crippen molar-refractivity contribution in [2.75, 3.05) is 5.73 Å². The van der Waals surface area contributed by atoms with Crippen LogP contribution in [0.5, 0.6) is 0 Å². The Kier molecular flexibility index (Phi) is 3.35. The molecule has 0 bridgehead atoms. The summed E-state index contributed by atoms with van der Waals surface area (Å²) in [6.07, 6.45) is 2.23. The van der Waals surface area contributed by atoms with Gasteiger partial charge in [0.2, 0.25) is 0 Å². The zero-order valence-electron chi connectivity index (χ0n) is 13.5. The number of hydrogen-bond acceptors (Lipinski definition) is 4. The van der Waals surface area contributed by atoms with Gasteiger partial charge in [-0.05, 0) is 38.8 Å². The maximum Gasteiger partial charge on any atom is 0.164 e. The quantitative estimate of drug-likeness (QED) is 0.789. The standard InChI is InChI=1S/C17H21N5/c1-11-7-5-6-8-12(11)9-13-14-15(18)19-10-20-16(14)22(21-13)17(2,3)4/h5-8,10H,9H2,1-4H3,(H2,18,19,20). The Morgan fingerprint density at radius 1 is 1.14 bits per heavy atom. The Morgan fingerprint density at radius 2 is 1.86 bits per heavy atom. The van der Waals surface area contributed by atoms with Crippen LogP contribution in [0.25, 0.3) is 11.0 Å². The second-order valence-corrected chi connectivity index (χ2v) is 6.59. The van der Waals surface area contributed by atoms with Crippen LogP contribution < -0.4 is 5.73 Å². The Balaban J connectivity index is 2.20. The molecule has 5 nitrogen and oxygen atoms in total. The fraction of sp³-hybridized carbons (Fsp3) is 0.353. The molecule has 0 amide bonds. The number of aryl methyl sites for hydroxylation is 1. The van der Waals surface area contributed by atoms with Gasteiger partial charge in [-0.1, -0.05) is 24.3 Å². The maximum atomic E-state index is 6.10. The highest BCUT2D eigenvalue weighted by Crippen LogP contribution is 2.28. The monoisotopic (exact) mass is 295 g/mol. The van der Waals surface area contributed by atoms with Gasteiger partial charge in [-0.2, -0.15) is 5.10 Å². The van der Waals surface area contributed by atoms with Crippen LogP contribution in [-0.2, 0) is 12.0 Å². The molecule has 0 aliphatic heterocycles. The highest BCUT2D eigenvalue weighted by Gasteiger charge is 2.23. The van der Waals surface area contributed by atoms with Gasteiger partial charge in [0.25, 0.3) is 0 Å². The second-order valence-electron chi connectivity index (χ2n) is 6.59. The van der Waals surface area contributed by atoms with Gasteiger partial charge in [0, 0.05) is 6.42 Å². The molecule has 2 aromatic heterocycles. The molecule has 1 aromatic carbocycles. The Labute approximate surface area is 130 Å². The van der Waals surface area contributed by atoms with E-state index < -0.39 is 0 Å². The van der Waals surface area contributed by atoms with E-state index in [-0.39, 0.29) is 5.54 Å². The van der Waals surface area contributed by atoms with Gasteiger partial charge in [0.05, 0.1) is 16.6 Å². The number of fused-ring (bicyclic) bond motifs is 1. The highest BCUT2D eigenvalue weighted by molar-refractivity contribution is 5.88. The number of benzene rings is 1. The Hall–Kier alpha value is -2.43. The minimum Gasteiger partial charge on any atom is -0.383 e. The van der Waals surface area contributed by atoms with Crippen LogP contribution in [0.2, 0.25) is 0 Å². The van der Waals surface area contributed by atoms with Crippen molar-refractivity contribution < 1.29 is 0 Å². The lowest BCUT2D eigenvalue weighted by molar-refractivity contribution is 0.363. The van der Waals surface area contributed by atoms with E-state index in [9.17, 15) is 0 Å². The fourth-order valence-corrected chi connectivity index (χ4v) is 2.63. The van der Waals surface area contributed by atoms with Crippen LogP contribution in [0.3, 0.4) is 0 Å². The SMILES string of the molecule is Cc1ccccc1Cc1nn(C(C)(C)C)c2ncnc(N)c12. The van der Waals surface area contributed by atoms with Gasteiger partial charge < -0.3 is 5.73 Å². The van der Waals surface area contributed by atoms with Crippen LogP contribution in [0.15, 0.2) is 30.6 Å². The number of nitrogens with zero attached hydrogens (tertiary/aromatic N) is 4. The molecule has 5 heteroatoms. The van der Waals surface area contributed by atoms with Gasteiger partial charge in [0.15, 0.2) is 5.65 Å². The second kappa shape index (κ2) is 5.09. The Bertz CT molecular complexity index is 827. The molecule has 3 aromatic rings. The third-order valence-corrected chi connectivity index (χ3v) is 3.82. The molecule has 0 aliphatic carbocycles. The average Bonchev–Trinajstić information content (AvgIpc) is 2.82. The molecule has 114 valence electrons. The summed E-state index contributed by atoms with van der Waals surface area (Å²) in [5.41, 5.74) is 10.1. The summed E-state index contributed by atoms with van der Waals surface area (Å²) in [5.74, 6) is 0.490. The van der Waals surface area contributed by atoms with E-state index in [0.717, 1.165) is 23.1 Å². The molecule has 3 rings (SSSR count). The topological polar surface area (TPSA) is 69.6 Å². The number of nitrogens with two attached hydrogens (primary N) is 1. The van der Waals surface area contributed by atoms with Crippen molar-refractivity contribution in [3.8, 4) is 0 Å². The van der Waals surface area contributed by atoms with E-state index in [1.165, 1.54) is 17.5 Å². The van der Waals surface area contributed by atoms with E-state index >= 15 is 0 Å². The molecular weight excluding hydrogens is 274 g/mol. The smallest absolute Gasteiger partial charge is 0.164 e. The molecule has 2 heterocycles. The van der Waals surface area contributed by atoms with Crippen molar-refractivity contribution >= 4 is 16.9 Å². The minimum atomic E-state index is -0.164. The summed E-state index contributed by atoms with van der Waals surface area (Å²) in [4.78, 5) is 8.54. The van der Waals surface area contributed by atoms with Crippen molar-refractivity contribution in [3.63, 3.8) is 0 Å². The summed E-state index contributed by atoms with van der Waals surface area (Å²) in [5, 5.41) is 5.65. The highest BCUT2D eigenvalue weighted by atomic mass is 15.3.